The Balaban J connectivity index is 1.66. The molecule has 1 aliphatic heterocycles. The first-order chi connectivity index (χ1) is 11.0. The van der Waals surface area contributed by atoms with E-state index in [-0.39, 0.29) is 12.0 Å². The number of hydrogen-bond acceptors (Lipinski definition) is 5. The average Bonchev–Trinajstić information content (AvgIpc) is 2.99. The molecule has 23 heavy (non-hydrogen) atoms. The first-order valence-corrected chi connectivity index (χ1v) is 8.39. The summed E-state index contributed by atoms with van der Waals surface area (Å²) in [4.78, 5) is 2.24. The van der Waals surface area contributed by atoms with E-state index in [2.05, 4.69) is 15.1 Å². The van der Waals surface area contributed by atoms with Gasteiger partial charge in [-0.1, -0.05) is 43.1 Å². The van der Waals surface area contributed by atoms with E-state index in [4.69, 9.17) is 32.4 Å². The molecule has 1 fully saturated rings. The van der Waals surface area contributed by atoms with Crippen molar-refractivity contribution >= 4 is 23.2 Å². The molecule has 0 bridgehead atoms. The number of benzene rings is 1. The molecule has 2 aromatic rings. The van der Waals surface area contributed by atoms with Crippen LogP contribution in [-0.2, 0) is 11.3 Å². The molecule has 124 valence electrons. The van der Waals surface area contributed by atoms with Gasteiger partial charge in [-0.3, -0.25) is 4.90 Å². The van der Waals surface area contributed by atoms with Crippen molar-refractivity contribution < 1.29 is 9.15 Å². The molecule has 0 saturated carbocycles. The maximum absolute atomic E-state index is 6.10. The van der Waals surface area contributed by atoms with E-state index in [1.54, 1.807) is 6.07 Å². The van der Waals surface area contributed by atoms with E-state index in [0.717, 1.165) is 18.7 Å². The molecule has 7 heteroatoms. The third kappa shape index (κ3) is 4.04. The van der Waals surface area contributed by atoms with Crippen molar-refractivity contribution in [3.8, 4) is 0 Å². The van der Waals surface area contributed by atoms with Crippen LogP contribution in [0.15, 0.2) is 22.6 Å². The molecule has 3 rings (SSSR count). The highest BCUT2D eigenvalue weighted by Gasteiger charge is 2.24. The van der Waals surface area contributed by atoms with E-state index in [9.17, 15) is 0 Å². The van der Waals surface area contributed by atoms with Crippen molar-refractivity contribution in [1.82, 2.24) is 15.1 Å². The fourth-order valence-corrected chi connectivity index (χ4v) is 2.82. The second kappa shape index (κ2) is 7.18. The van der Waals surface area contributed by atoms with Gasteiger partial charge in [0, 0.05) is 19.0 Å². The second-order valence-electron chi connectivity index (χ2n) is 5.96. The largest absolute Gasteiger partial charge is 0.424 e. The lowest BCUT2D eigenvalue weighted by Gasteiger charge is -2.32. The van der Waals surface area contributed by atoms with E-state index in [1.165, 1.54) is 0 Å². The molecular weight excluding hydrogens is 337 g/mol. The van der Waals surface area contributed by atoms with Gasteiger partial charge < -0.3 is 9.15 Å². The predicted octanol–water partition coefficient (Wildman–Crippen LogP) is 4.07. The van der Waals surface area contributed by atoms with Crippen LogP contribution >= 0.6 is 23.2 Å². The zero-order valence-electron chi connectivity index (χ0n) is 13.1. The van der Waals surface area contributed by atoms with Gasteiger partial charge in [0.15, 0.2) is 0 Å². The SMILES string of the molecule is CC(C)c1nnc(CN2CCO[C@@H](c3ccc(Cl)c(Cl)c3)C2)o1. The van der Waals surface area contributed by atoms with Gasteiger partial charge in [0.25, 0.3) is 0 Å². The van der Waals surface area contributed by atoms with Gasteiger partial charge in [0.1, 0.15) is 0 Å². The summed E-state index contributed by atoms with van der Waals surface area (Å²) < 4.78 is 11.5. The van der Waals surface area contributed by atoms with E-state index in [0.29, 0.717) is 35.0 Å². The molecular formula is C16H19Cl2N3O2. The molecule has 0 aliphatic carbocycles. The van der Waals surface area contributed by atoms with Crippen molar-refractivity contribution in [2.45, 2.75) is 32.4 Å². The molecule has 0 unspecified atom stereocenters. The minimum absolute atomic E-state index is 0.0361. The monoisotopic (exact) mass is 355 g/mol. The number of aromatic nitrogens is 2. The summed E-state index contributed by atoms with van der Waals surface area (Å²) in [6.07, 6.45) is -0.0361. The molecule has 1 saturated heterocycles. The number of hydrogen-bond donors (Lipinski definition) is 0. The highest BCUT2D eigenvalue weighted by molar-refractivity contribution is 6.42. The molecule has 2 heterocycles. The highest BCUT2D eigenvalue weighted by Crippen LogP contribution is 2.29. The Hall–Kier alpha value is -1.14. The lowest BCUT2D eigenvalue weighted by molar-refractivity contribution is -0.0352. The standard InChI is InChI=1S/C16H19Cl2N3O2/c1-10(2)16-20-19-15(23-16)9-21-5-6-22-14(8-21)11-3-4-12(17)13(18)7-11/h3-4,7,10,14H,5-6,8-9H2,1-2H3/t14-/m1/s1. The van der Waals surface area contributed by atoms with Crippen molar-refractivity contribution in [3.05, 3.63) is 45.6 Å². The number of nitrogens with zero attached hydrogens (tertiary/aromatic N) is 3. The second-order valence-corrected chi connectivity index (χ2v) is 6.77. The minimum atomic E-state index is -0.0361. The van der Waals surface area contributed by atoms with E-state index >= 15 is 0 Å². The van der Waals surface area contributed by atoms with Gasteiger partial charge in [-0.25, -0.2) is 0 Å². The number of ether oxygens (including phenoxy) is 1. The summed E-state index contributed by atoms with van der Waals surface area (Å²) in [7, 11) is 0. The van der Waals surface area contributed by atoms with Gasteiger partial charge in [-0.05, 0) is 17.7 Å². The van der Waals surface area contributed by atoms with Gasteiger partial charge >= 0.3 is 0 Å². The Bertz CT molecular complexity index is 675. The maximum Gasteiger partial charge on any atom is 0.230 e. The van der Waals surface area contributed by atoms with Gasteiger partial charge in [0.2, 0.25) is 11.8 Å². The Labute approximate surface area is 145 Å². The van der Waals surface area contributed by atoms with Crippen LogP contribution in [-0.4, -0.2) is 34.8 Å². The summed E-state index contributed by atoms with van der Waals surface area (Å²) in [6.45, 7) is 6.92. The van der Waals surface area contributed by atoms with E-state index < -0.39 is 0 Å². The van der Waals surface area contributed by atoms with Crippen LogP contribution in [0.3, 0.4) is 0 Å². The topological polar surface area (TPSA) is 51.4 Å². The fourth-order valence-electron chi connectivity index (χ4n) is 2.52. The molecule has 5 nitrogen and oxygen atoms in total. The molecule has 1 aromatic heterocycles. The Morgan fingerprint density at radius 2 is 2.09 bits per heavy atom. The zero-order valence-corrected chi connectivity index (χ0v) is 14.6. The first kappa shape index (κ1) is 16.7. The Morgan fingerprint density at radius 3 is 2.78 bits per heavy atom. The van der Waals surface area contributed by atoms with Crippen LogP contribution in [0.5, 0.6) is 0 Å². The Morgan fingerprint density at radius 1 is 1.26 bits per heavy atom. The molecule has 0 N–H and O–H groups in total. The third-order valence-corrected chi connectivity index (χ3v) is 4.54. The third-order valence-electron chi connectivity index (χ3n) is 3.80. The smallest absolute Gasteiger partial charge is 0.230 e. The van der Waals surface area contributed by atoms with Crippen molar-refractivity contribution in [1.29, 1.82) is 0 Å². The maximum atomic E-state index is 6.10. The lowest BCUT2D eigenvalue weighted by Crippen LogP contribution is -2.37. The van der Waals surface area contributed by atoms with Crippen LogP contribution in [0.25, 0.3) is 0 Å². The van der Waals surface area contributed by atoms with Crippen LogP contribution in [0.1, 0.15) is 43.2 Å². The summed E-state index contributed by atoms with van der Waals surface area (Å²) >= 11 is 12.1. The van der Waals surface area contributed by atoms with E-state index in [1.807, 2.05) is 26.0 Å². The molecule has 0 amide bonds. The van der Waals surface area contributed by atoms with Crippen molar-refractivity contribution in [2.24, 2.45) is 0 Å². The molecule has 1 aliphatic rings. The predicted molar refractivity (Wildman–Crippen MR) is 88.8 cm³/mol. The van der Waals surface area contributed by atoms with Crippen molar-refractivity contribution in [2.75, 3.05) is 19.7 Å². The number of morpholine rings is 1. The van der Waals surface area contributed by atoms with Crippen LogP contribution in [0.4, 0.5) is 0 Å². The number of halogens is 2. The van der Waals surface area contributed by atoms with Crippen LogP contribution < -0.4 is 0 Å². The summed E-state index contributed by atoms with van der Waals surface area (Å²) in [5.41, 5.74) is 1.03. The molecule has 1 aromatic carbocycles. The summed E-state index contributed by atoms with van der Waals surface area (Å²) in [5.74, 6) is 1.56. The first-order valence-electron chi connectivity index (χ1n) is 7.64. The Kier molecular flexibility index (Phi) is 5.21. The molecule has 0 radical (unpaired) electrons. The summed E-state index contributed by atoms with van der Waals surface area (Å²) in [5, 5.41) is 9.29. The number of rotatable bonds is 4. The highest BCUT2D eigenvalue weighted by atomic mass is 35.5. The molecule has 1 atom stereocenters. The van der Waals surface area contributed by atoms with Crippen LogP contribution in [0.2, 0.25) is 10.0 Å². The van der Waals surface area contributed by atoms with Gasteiger partial charge in [-0.15, -0.1) is 10.2 Å². The lowest BCUT2D eigenvalue weighted by atomic mass is 10.1. The summed E-state index contributed by atoms with van der Waals surface area (Å²) in [6, 6.07) is 5.61. The van der Waals surface area contributed by atoms with Gasteiger partial charge in [0.05, 0.1) is 29.3 Å². The average molecular weight is 356 g/mol. The van der Waals surface area contributed by atoms with Crippen molar-refractivity contribution in [3.63, 3.8) is 0 Å². The van der Waals surface area contributed by atoms with Crippen LogP contribution in [0, 0.1) is 0 Å². The van der Waals surface area contributed by atoms with Gasteiger partial charge in [-0.2, -0.15) is 0 Å². The zero-order chi connectivity index (χ0) is 16.4. The molecule has 0 spiro atoms. The quantitative estimate of drug-likeness (QED) is 0.827. The normalized spacial score (nSPS) is 19.4. The minimum Gasteiger partial charge on any atom is -0.424 e. The fraction of sp³-hybridized carbons (Fsp3) is 0.500.